The van der Waals surface area contributed by atoms with E-state index in [0.29, 0.717) is 25.3 Å². The Labute approximate surface area is 127 Å². The quantitative estimate of drug-likeness (QED) is 0.860. The first-order chi connectivity index (χ1) is 9.96. The molecule has 0 saturated heterocycles. The van der Waals surface area contributed by atoms with E-state index >= 15 is 0 Å². The Bertz CT molecular complexity index is 542. The van der Waals surface area contributed by atoms with Crippen molar-refractivity contribution < 1.29 is 8.42 Å². The summed E-state index contributed by atoms with van der Waals surface area (Å²) < 4.78 is 29.2. The van der Waals surface area contributed by atoms with Gasteiger partial charge in [-0.1, -0.05) is 19.3 Å². The molecule has 0 unspecified atom stereocenters. The summed E-state index contributed by atoms with van der Waals surface area (Å²) in [6.07, 6.45) is 7.56. The summed E-state index contributed by atoms with van der Waals surface area (Å²) in [5, 5.41) is 0.157. The fourth-order valence-corrected chi connectivity index (χ4v) is 4.64. The molecule has 1 aliphatic rings. The molecule has 21 heavy (non-hydrogen) atoms. The van der Waals surface area contributed by atoms with Gasteiger partial charge >= 0.3 is 0 Å². The maximum atomic E-state index is 12.9. The number of imidazole rings is 1. The van der Waals surface area contributed by atoms with Crippen LogP contribution in [0.5, 0.6) is 0 Å². The van der Waals surface area contributed by atoms with Gasteiger partial charge in [0.05, 0.1) is 0 Å². The van der Waals surface area contributed by atoms with Crippen LogP contribution >= 0.6 is 0 Å². The molecule has 0 radical (unpaired) electrons. The van der Waals surface area contributed by atoms with Crippen LogP contribution in [0.25, 0.3) is 0 Å². The number of aromatic nitrogens is 2. The zero-order valence-electron chi connectivity index (χ0n) is 13.0. The Morgan fingerprint density at radius 2 is 2.05 bits per heavy atom. The van der Waals surface area contributed by atoms with Gasteiger partial charge in [-0.25, -0.2) is 13.4 Å². The van der Waals surface area contributed by atoms with Crippen molar-refractivity contribution in [3.63, 3.8) is 0 Å². The van der Waals surface area contributed by atoms with E-state index in [1.54, 1.807) is 15.1 Å². The maximum absolute atomic E-state index is 12.9. The van der Waals surface area contributed by atoms with Gasteiger partial charge in [-0.3, -0.25) is 0 Å². The zero-order chi connectivity index (χ0) is 15.5. The van der Waals surface area contributed by atoms with Gasteiger partial charge in [0.25, 0.3) is 10.0 Å². The van der Waals surface area contributed by atoms with Gasteiger partial charge < -0.3 is 10.3 Å². The average molecular weight is 314 g/mol. The van der Waals surface area contributed by atoms with Crippen LogP contribution in [0.1, 0.15) is 44.3 Å². The molecule has 2 N–H and O–H groups in total. The molecule has 1 aliphatic carbocycles. The molecule has 1 aromatic heterocycles. The van der Waals surface area contributed by atoms with E-state index in [-0.39, 0.29) is 11.1 Å². The third kappa shape index (κ3) is 3.64. The van der Waals surface area contributed by atoms with Crippen molar-refractivity contribution >= 4 is 10.0 Å². The first-order valence-electron chi connectivity index (χ1n) is 7.68. The van der Waals surface area contributed by atoms with Gasteiger partial charge in [0.1, 0.15) is 5.82 Å². The summed E-state index contributed by atoms with van der Waals surface area (Å²) >= 11 is 0. The Hall–Kier alpha value is -0.920. The van der Waals surface area contributed by atoms with Gasteiger partial charge in [-0.15, -0.1) is 0 Å². The number of rotatable bonds is 6. The first kappa shape index (κ1) is 16.5. The standard InChI is InChI=1S/C14H26N4O2S/c1-12-16-14(11-17(12)2)21(19,20)18(10-6-9-15)13-7-4-3-5-8-13/h11,13H,3-10,15H2,1-2H3. The van der Waals surface area contributed by atoms with Crippen molar-refractivity contribution in [1.82, 2.24) is 13.9 Å². The molecule has 0 aliphatic heterocycles. The number of nitrogens with two attached hydrogens (primary N) is 1. The minimum absolute atomic E-state index is 0.0950. The molecule has 0 bridgehead atoms. The predicted octanol–water partition coefficient (Wildman–Crippen LogP) is 1.40. The Morgan fingerprint density at radius 1 is 1.38 bits per heavy atom. The molecule has 1 aromatic rings. The first-order valence-corrected chi connectivity index (χ1v) is 9.12. The monoisotopic (exact) mass is 314 g/mol. The summed E-state index contributed by atoms with van der Waals surface area (Å²) in [5.41, 5.74) is 5.58. The Kier molecular flexibility index (Phi) is 5.40. The lowest BCUT2D eigenvalue weighted by Crippen LogP contribution is -2.42. The molecule has 6 nitrogen and oxygen atoms in total. The smallest absolute Gasteiger partial charge is 0.262 e. The third-order valence-electron chi connectivity index (χ3n) is 4.22. The molecule has 2 rings (SSSR count). The molecule has 1 fully saturated rings. The molecule has 1 saturated carbocycles. The molecule has 0 aromatic carbocycles. The summed E-state index contributed by atoms with van der Waals surface area (Å²) in [7, 11) is -1.72. The van der Waals surface area contributed by atoms with E-state index in [1.165, 1.54) is 6.42 Å². The molecule has 120 valence electrons. The second-order valence-corrected chi connectivity index (χ2v) is 7.62. The van der Waals surface area contributed by atoms with Crippen molar-refractivity contribution in [3.05, 3.63) is 12.0 Å². The van der Waals surface area contributed by atoms with Crippen LogP contribution in [-0.2, 0) is 17.1 Å². The van der Waals surface area contributed by atoms with Crippen molar-refractivity contribution in [1.29, 1.82) is 0 Å². The summed E-state index contributed by atoms with van der Waals surface area (Å²) in [6, 6.07) is 0.0950. The summed E-state index contributed by atoms with van der Waals surface area (Å²) in [6.45, 7) is 2.79. The van der Waals surface area contributed by atoms with E-state index in [2.05, 4.69) is 4.98 Å². The van der Waals surface area contributed by atoms with Gasteiger partial charge in [-0.05, 0) is 32.7 Å². The van der Waals surface area contributed by atoms with E-state index in [4.69, 9.17) is 5.73 Å². The van der Waals surface area contributed by atoms with Crippen LogP contribution < -0.4 is 5.73 Å². The number of aryl methyl sites for hydroxylation is 2. The van der Waals surface area contributed by atoms with E-state index < -0.39 is 10.0 Å². The van der Waals surface area contributed by atoms with Crippen molar-refractivity contribution in [3.8, 4) is 0 Å². The van der Waals surface area contributed by atoms with Gasteiger partial charge in [0, 0.05) is 25.8 Å². The lowest BCUT2D eigenvalue weighted by Gasteiger charge is -2.32. The summed E-state index contributed by atoms with van der Waals surface area (Å²) in [4.78, 5) is 4.21. The molecule has 0 amide bonds. The maximum Gasteiger partial charge on any atom is 0.262 e. The van der Waals surface area contributed by atoms with Gasteiger partial charge in [0.15, 0.2) is 5.03 Å². The Morgan fingerprint density at radius 3 is 2.57 bits per heavy atom. The number of hydrogen-bond donors (Lipinski definition) is 1. The zero-order valence-corrected chi connectivity index (χ0v) is 13.8. The van der Waals surface area contributed by atoms with Crippen LogP contribution in [-0.4, -0.2) is 41.4 Å². The normalized spacial score (nSPS) is 17.5. The molecular weight excluding hydrogens is 288 g/mol. The largest absolute Gasteiger partial charge is 0.337 e. The van der Waals surface area contributed by atoms with Crippen LogP contribution in [0.4, 0.5) is 0 Å². The average Bonchev–Trinajstić information content (AvgIpc) is 2.81. The number of sulfonamides is 1. The van der Waals surface area contributed by atoms with Gasteiger partial charge in [-0.2, -0.15) is 4.31 Å². The minimum Gasteiger partial charge on any atom is -0.337 e. The molecule has 0 spiro atoms. The second kappa shape index (κ2) is 6.89. The fraction of sp³-hybridized carbons (Fsp3) is 0.786. The molecular formula is C14H26N4O2S. The molecule has 0 atom stereocenters. The van der Waals surface area contributed by atoms with Crippen molar-refractivity contribution in [2.75, 3.05) is 13.1 Å². The molecule has 1 heterocycles. The SMILES string of the molecule is Cc1nc(S(=O)(=O)N(CCCN)C2CCCCC2)cn1C. The lowest BCUT2D eigenvalue weighted by atomic mass is 9.95. The van der Waals surface area contributed by atoms with Crippen LogP contribution in [0.3, 0.4) is 0 Å². The predicted molar refractivity (Wildman–Crippen MR) is 82.4 cm³/mol. The number of hydrogen-bond acceptors (Lipinski definition) is 4. The van der Waals surface area contributed by atoms with Crippen molar-refractivity contribution in [2.24, 2.45) is 12.8 Å². The fourth-order valence-electron chi connectivity index (χ4n) is 2.89. The summed E-state index contributed by atoms with van der Waals surface area (Å²) in [5.74, 6) is 0.705. The third-order valence-corrected chi connectivity index (χ3v) is 6.05. The highest BCUT2D eigenvalue weighted by atomic mass is 32.2. The highest BCUT2D eigenvalue weighted by Gasteiger charge is 2.33. The van der Waals surface area contributed by atoms with E-state index in [0.717, 1.165) is 25.7 Å². The lowest BCUT2D eigenvalue weighted by molar-refractivity contribution is 0.251. The topological polar surface area (TPSA) is 81.2 Å². The minimum atomic E-state index is -3.53. The van der Waals surface area contributed by atoms with Crippen molar-refractivity contribution in [2.45, 2.75) is 56.5 Å². The second-order valence-electron chi connectivity index (χ2n) is 5.79. The number of nitrogens with zero attached hydrogens (tertiary/aromatic N) is 3. The highest BCUT2D eigenvalue weighted by molar-refractivity contribution is 7.89. The van der Waals surface area contributed by atoms with Crippen LogP contribution in [0.15, 0.2) is 11.2 Å². The Balaban J connectivity index is 2.28. The van der Waals surface area contributed by atoms with Crippen LogP contribution in [0.2, 0.25) is 0 Å². The van der Waals surface area contributed by atoms with E-state index in [1.807, 2.05) is 14.0 Å². The van der Waals surface area contributed by atoms with E-state index in [9.17, 15) is 8.42 Å². The van der Waals surface area contributed by atoms with Crippen LogP contribution in [0, 0.1) is 6.92 Å². The van der Waals surface area contributed by atoms with Gasteiger partial charge in [0.2, 0.25) is 0 Å². The molecule has 7 heteroatoms. The highest BCUT2D eigenvalue weighted by Crippen LogP contribution is 2.27.